The average Bonchev–Trinajstić information content (AvgIpc) is 2.42. The Morgan fingerprint density at radius 2 is 2.05 bits per heavy atom. The zero-order valence-corrected chi connectivity index (χ0v) is 14.1. The minimum absolute atomic E-state index is 0.315. The van der Waals surface area contributed by atoms with Crippen LogP contribution in [0.3, 0.4) is 0 Å². The number of allylic oxidation sites excluding steroid dienone is 1. The molecule has 1 rings (SSSR count). The molecule has 0 aliphatic heterocycles. The van der Waals surface area contributed by atoms with Crippen molar-refractivity contribution in [3.8, 4) is 0 Å². The molecule has 4 nitrogen and oxygen atoms in total. The highest BCUT2D eigenvalue weighted by atomic mass is 15.4. The van der Waals surface area contributed by atoms with E-state index in [1.54, 1.807) is 5.01 Å². The third-order valence-electron chi connectivity index (χ3n) is 3.54. The lowest BCUT2D eigenvalue weighted by Crippen LogP contribution is -2.32. The van der Waals surface area contributed by atoms with Crippen molar-refractivity contribution < 1.29 is 0 Å². The molecule has 21 heavy (non-hydrogen) atoms. The summed E-state index contributed by atoms with van der Waals surface area (Å²) in [5.74, 6) is 5.74. The molecule has 1 aromatic carbocycles. The number of hydrogen-bond donors (Lipinski definition) is 2. The van der Waals surface area contributed by atoms with Crippen LogP contribution in [0.25, 0.3) is 0 Å². The van der Waals surface area contributed by atoms with Crippen molar-refractivity contribution in [3.63, 3.8) is 0 Å². The van der Waals surface area contributed by atoms with Gasteiger partial charge in [0.25, 0.3) is 0 Å². The molecule has 1 aromatic rings. The van der Waals surface area contributed by atoms with Gasteiger partial charge >= 0.3 is 0 Å². The van der Waals surface area contributed by atoms with Crippen molar-refractivity contribution in [1.82, 2.24) is 9.91 Å². The van der Waals surface area contributed by atoms with Gasteiger partial charge in [-0.2, -0.15) is 0 Å². The number of anilines is 1. The molecule has 3 N–H and O–H groups in total. The van der Waals surface area contributed by atoms with Crippen molar-refractivity contribution in [2.75, 3.05) is 33.0 Å². The van der Waals surface area contributed by atoms with Crippen LogP contribution in [0.5, 0.6) is 0 Å². The number of hydrogen-bond acceptors (Lipinski definition) is 4. The van der Waals surface area contributed by atoms with Gasteiger partial charge in [-0.15, -0.1) is 0 Å². The van der Waals surface area contributed by atoms with Gasteiger partial charge in [-0.25, -0.2) is 0 Å². The molecule has 0 radical (unpaired) electrons. The molecule has 0 spiro atoms. The molecule has 1 atom stereocenters. The average molecular weight is 290 g/mol. The maximum Gasteiger partial charge on any atom is 0.0483 e. The standard InChI is InChI=1S/C17H30N4/c1-6-14(2)17(10-11-21(5)18)19-16-9-7-8-15(12-16)13-20(3)4/h6-9,12,17,19H,10-11,13,18H2,1-5H3/b14-6+. The summed E-state index contributed by atoms with van der Waals surface area (Å²) in [6, 6.07) is 8.94. The van der Waals surface area contributed by atoms with Gasteiger partial charge in [-0.1, -0.05) is 23.8 Å². The first-order valence-corrected chi connectivity index (χ1v) is 7.51. The third-order valence-corrected chi connectivity index (χ3v) is 3.54. The Morgan fingerprint density at radius 3 is 2.62 bits per heavy atom. The summed E-state index contributed by atoms with van der Waals surface area (Å²) in [6.07, 6.45) is 3.15. The Kier molecular flexibility index (Phi) is 7.43. The molecule has 4 heteroatoms. The summed E-state index contributed by atoms with van der Waals surface area (Å²) >= 11 is 0. The topological polar surface area (TPSA) is 44.5 Å². The van der Waals surface area contributed by atoms with Gasteiger partial charge in [-0.05, 0) is 52.1 Å². The fourth-order valence-corrected chi connectivity index (χ4v) is 2.27. The first-order valence-electron chi connectivity index (χ1n) is 7.51. The lowest BCUT2D eigenvalue weighted by molar-refractivity contribution is 0.339. The fraction of sp³-hybridized carbons (Fsp3) is 0.529. The molecule has 0 heterocycles. The van der Waals surface area contributed by atoms with Gasteiger partial charge in [0, 0.05) is 31.9 Å². The Balaban J connectivity index is 2.78. The second kappa shape index (κ2) is 8.82. The fourth-order valence-electron chi connectivity index (χ4n) is 2.27. The van der Waals surface area contributed by atoms with Crippen LogP contribution in [0.2, 0.25) is 0 Å². The Hall–Kier alpha value is -1.36. The SMILES string of the molecule is C/C=C(\C)C(CCN(C)N)Nc1cccc(CN(C)C)c1. The maximum atomic E-state index is 5.74. The van der Waals surface area contributed by atoms with E-state index in [-0.39, 0.29) is 0 Å². The van der Waals surface area contributed by atoms with Crippen LogP contribution in [0.4, 0.5) is 5.69 Å². The van der Waals surface area contributed by atoms with Crippen LogP contribution in [0.1, 0.15) is 25.8 Å². The number of nitrogens with one attached hydrogen (secondary N) is 1. The van der Waals surface area contributed by atoms with Crippen LogP contribution in [0.15, 0.2) is 35.9 Å². The van der Waals surface area contributed by atoms with Crippen LogP contribution in [-0.2, 0) is 6.54 Å². The van der Waals surface area contributed by atoms with E-state index in [0.717, 1.165) is 19.5 Å². The van der Waals surface area contributed by atoms with E-state index in [1.807, 2.05) is 7.05 Å². The van der Waals surface area contributed by atoms with Gasteiger partial charge in [0.15, 0.2) is 0 Å². The number of nitrogens with zero attached hydrogens (tertiary/aromatic N) is 2. The summed E-state index contributed by atoms with van der Waals surface area (Å²) in [4.78, 5) is 2.18. The van der Waals surface area contributed by atoms with Gasteiger partial charge in [0.1, 0.15) is 0 Å². The van der Waals surface area contributed by atoms with Crippen molar-refractivity contribution in [2.45, 2.75) is 32.9 Å². The molecule has 0 saturated heterocycles. The second-order valence-corrected chi connectivity index (χ2v) is 5.94. The molecule has 0 aliphatic carbocycles. The molecule has 0 saturated carbocycles. The number of nitrogens with two attached hydrogens (primary N) is 1. The minimum atomic E-state index is 0.315. The summed E-state index contributed by atoms with van der Waals surface area (Å²) in [6.45, 7) is 6.06. The van der Waals surface area contributed by atoms with E-state index in [4.69, 9.17) is 5.84 Å². The predicted molar refractivity (Wildman–Crippen MR) is 92.1 cm³/mol. The zero-order valence-electron chi connectivity index (χ0n) is 14.1. The Bertz CT molecular complexity index is 452. The van der Waals surface area contributed by atoms with E-state index in [0.29, 0.717) is 6.04 Å². The predicted octanol–water partition coefficient (Wildman–Crippen LogP) is 2.69. The van der Waals surface area contributed by atoms with Crippen molar-refractivity contribution in [3.05, 3.63) is 41.5 Å². The smallest absolute Gasteiger partial charge is 0.0483 e. The molecule has 0 fully saturated rings. The van der Waals surface area contributed by atoms with E-state index in [1.165, 1.54) is 16.8 Å². The third kappa shape index (κ3) is 6.76. The van der Waals surface area contributed by atoms with Crippen molar-refractivity contribution in [1.29, 1.82) is 0 Å². The molecule has 0 aromatic heterocycles. The lowest BCUT2D eigenvalue weighted by atomic mass is 10.0. The Labute approximate surface area is 129 Å². The number of rotatable bonds is 8. The first kappa shape index (κ1) is 17.7. The highest BCUT2D eigenvalue weighted by Crippen LogP contribution is 2.17. The normalized spacial score (nSPS) is 13.8. The van der Waals surface area contributed by atoms with E-state index in [2.05, 4.69) is 68.5 Å². The van der Waals surface area contributed by atoms with Crippen LogP contribution >= 0.6 is 0 Å². The highest BCUT2D eigenvalue weighted by Gasteiger charge is 2.11. The quantitative estimate of drug-likeness (QED) is 0.439. The molecular weight excluding hydrogens is 260 g/mol. The largest absolute Gasteiger partial charge is 0.379 e. The molecular formula is C17H30N4. The minimum Gasteiger partial charge on any atom is -0.379 e. The zero-order chi connectivity index (χ0) is 15.8. The van der Waals surface area contributed by atoms with E-state index >= 15 is 0 Å². The van der Waals surface area contributed by atoms with E-state index < -0.39 is 0 Å². The molecule has 118 valence electrons. The second-order valence-electron chi connectivity index (χ2n) is 5.94. The summed E-state index contributed by atoms with van der Waals surface area (Å²) in [5, 5.41) is 5.37. The molecule has 1 unspecified atom stereocenters. The molecule has 0 amide bonds. The number of benzene rings is 1. The van der Waals surface area contributed by atoms with Crippen LogP contribution in [-0.4, -0.2) is 43.6 Å². The number of hydrazine groups is 1. The summed E-state index contributed by atoms with van der Waals surface area (Å²) in [7, 11) is 6.08. The summed E-state index contributed by atoms with van der Waals surface area (Å²) < 4.78 is 0. The monoisotopic (exact) mass is 290 g/mol. The van der Waals surface area contributed by atoms with Gasteiger partial charge in [0.2, 0.25) is 0 Å². The molecule has 0 bridgehead atoms. The first-order chi connectivity index (χ1) is 9.92. The van der Waals surface area contributed by atoms with Crippen molar-refractivity contribution >= 4 is 5.69 Å². The highest BCUT2D eigenvalue weighted by molar-refractivity contribution is 5.48. The maximum absolute atomic E-state index is 5.74. The van der Waals surface area contributed by atoms with E-state index in [9.17, 15) is 0 Å². The van der Waals surface area contributed by atoms with Gasteiger partial charge in [-0.3, -0.25) is 10.9 Å². The Morgan fingerprint density at radius 1 is 1.33 bits per heavy atom. The van der Waals surface area contributed by atoms with Gasteiger partial charge in [0.05, 0.1) is 0 Å². The lowest BCUT2D eigenvalue weighted by Gasteiger charge is -2.23. The molecule has 0 aliphatic rings. The van der Waals surface area contributed by atoms with Gasteiger partial charge < -0.3 is 10.2 Å². The van der Waals surface area contributed by atoms with Crippen molar-refractivity contribution in [2.24, 2.45) is 5.84 Å². The van der Waals surface area contributed by atoms with Crippen LogP contribution < -0.4 is 11.2 Å². The summed E-state index contributed by atoms with van der Waals surface area (Å²) in [5.41, 5.74) is 3.83. The van der Waals surface area contributed by atoms with Crippen LogP contribution in [0, 0.1) is 0 Å².